The maximum atomic E-state index is 11.6. The Balaban J connectivity index is 2.29. The van der Waals surface area contributed by atoms with E-state index in [0.29, 0.717) is 18.2 Å². The molecule has 1 aromatic rings. The molecule has 1 heterocycles. The molecule has 0 radical (unpaired) electrons. The molecule has 0 spiro atoms. The van der Waals surface area contributed by atoms with E-state index in [4.69, 9.17) is 16.3 Å². The fourth-order valence-electron chi connectivity index (χ4n) is 1.83. The second-order valence-corrected chi connectivity index (χ2v) is 3.73. The highest BCUT2D eigenvalue weighted by molar-refractivity contribution is 6.30. The number of rotatable bonds is 2. The van der Waals surface area contributed by atoms with E-state index in [1.165, 1.54) is 6.33 Å². The molecule has 0 aromatic carbocycles. The Kier molecular flexibility index (Phi) is 2.86. The van der Waals surface area contributed by atoms with E-state index >= 15 is 0 Å². The lowest BCUT2D eigenvalue weighted by Crippen LogP contribution is -2.14. The number of hydrogen-bond acceptors (Lipinski definition) is 4. The number of esters is 1. The highest BCUT2D eigenvalue weighted by Gasteiger charge is 2.32. The molecule has 1 aliphatic rings. The maximum Gasteiger partial charge on any atom is 0.315 e. The molecule has 2 rings (SSSR count). The topological polar surface area (TPSA) is 52.1 Å². The van der Waals surface area contributed by atoms with Crippen LogP contribution in [0.25, 0.3) is 0 Å². The molecule has 1 atom stereocenters. The molecule has 1 aromatic heterocycles. The fraction of sp³-hybridized carbons (Fsp3) is 0.500. The molecule has 5 heteroatoms. The Labute approximate surface area is 92.6 Å². The van der Waals surface area contributed by atoms with Gasteiger partial charge in [-0.15, -0.1) is 0 Å². The fourth-order valence-corrected chi connectivity index (χ4v) is 2.07. The monoisotopic (exact) mass is 226 g/mol. The van der Waals surface area contributed by atoms with Crippen LogP contribution in [-0.2, 0) is 16.0 Å². The van der Waals surface area contributed by atoms with Crippen molar-refractivity contribution in [3.63, 3.8) is 0 Å². The van der Waals surface area contributed by atoms with Crippen LogP contribution in [0.3, 0.4) is 0 Å². The first-order valence-electron chi connectivity index (χ1n) is 4.90. The van der Waals surface area contributed by atoms with Crippen molar-refractivity contribution in [1.29, 1.82) is 0 Å². The lowest BCUT2D eigenvalue weighted by molar-refractivity contribution is -0.145. The maximum absolute atomic E-state index is 11.6. The Morgan fingerprint density at radius 3 is 3.20 bits per heavy atom. The first-order valence-corrected chi connectivity index (χ1v) is 5.27. The van der Waals surface area contributed by atoms with Crippen LogP contribution in [0, 0.1) is 0 Å². The van der Waals surface area contributed by atoms with Crippen LogP contribution in [0.4, 0.5) is 0 Å². The Hall–Kier alpha value is -1.16. The molecule has 0 amide bonds. The van der Waals surface area contributed by atoms with Gasteiger partial charge < -0.3 is 4.74 Å². The smallest absolute Gasteiger partial charge is 0.315 e. The molecule has 0 saturated carbocycles. The molecular formula is C10H11ClN2O2. The van der Waals surface area contributed by atoms with Crippen LogP contribution in [0.5, 0.6) is 0 Å². The minimum absolute atomic E-state index is 0.217. The third-order valence-corrected chi connectivity index (χ3v) is 2.84. The summed E-state index contributed by atoms with van der Waals surface area (Å²) >= 11 is 5.91. The van der Waals surface area contributed by atoms with Crippen LogP contribution < -0.4 is 0 Å². The molecule has 0 aliphatic heterocycles. The van der Waals surface area contributed by atoms with E-state index in [9.17, 15) is 4.79 Å². The van der Waals surface area contributed by atoms with Gasteiger partial charge in [-0.1, -0.05) is 11.6 Å². The normalized spacial score (nSPS) is 18.7. The van der Waals surface area contributed by atoms with Gasteiger partial charge in [0, 0.05) is 5.56 Å². The highest BCUT2D eigenvalue weighted by Crippen LogP contribution is 2.34. The molecule has 0 N–H and O–H groups in total. The summed E-state index contributed by atoms with van der Waals surface area (Å²) in [6.45, 7) is 2.18. The van der Waals surface area contributed by atoms with Crippen molar-refractivity contribution in [1.82, 2.24) is 9.97 Å². The average Bonchev–Trinajstić information content (AvgIpc) is 2.63. The number of carbonyl (C=O) groups excluding carboxylic acids is 1. The summed E-state index contributed by atoms with van der Waals surface area (Å²) in [5.41, 5.74) is 1.62. The van der Waals surface area contributed by atoms with Crippen LogP contribution >= 0.6 is 11.6 Å². The second-order valence-electron chi connectivity index (χ2n) is 3.37. The predicted octanol–water partition coefficient (Wildman–Crippen LogP) is 1.72. The predicted molar refractivity (Wildman–Crippen MR) is 54.7 cm³/mol. The zero-order valence-corrected chi connectivity index (χ0v) is 9.12. The number of aromatic nitrogens is 2. The summed E-state index contributed by atoms with van der Waals surface area (Å²) in [5, 5.41) is 0.451. The van der Waals surface area contributed by atoms with Gasteiger partial charge in [-0.05, 0) is 19.8 Å². The van der Waals surface area contributed by atoms with Crippen LogP contribution in [-0.4, -0.2) is 22.5 Å². The third kappa shape index (κ3) is 1.81. The Morgan fingerprint density at radius 2 is 2.47 bits per heavy atom. The quantitative estimate of drug-likeness (QED) is 0.569. The molecule has 0 fully saturated rings. The number of halogens is 1. The van der Waals surface area contributed by atoms with Gasteiger partial charge in [0.2, 0.25) is 0 Å². The zero-order valence-electron chi connectivity index (χ0n) is 8.36. The van der Waals surface area contributed by atoms with Gasteiger partial charge in [0.15, 0.2) is 0 Å². The lowest BCUT2D eigenvalue weighted by Gasteiger charge is -2.08. The van der Waals surface area contributed by atoms with Crippen molar-refractivity contribution < 1.29 is 9.53 Å². The van der Waals surface area contributed by atoms with Gasteiger partial charge in [0.1, 0.15) is 11.5 Å². The van der Waals surface area contributed by atoms with Gasteiger partial charge in [-0.3, -0.25) is 4.79 Å². The van der Waals surface area contributed by atoms with E-state index in [2.05, 4.69) is 9.97 Å². The zero-order chi connectivity index (χ0) is 10.8. The lowest BCUT2D eigenvalue weighted by atomic mass is 10.1. The Morgan fingerprint density at radius 1 is 1.67 bits per heavy atom. The molecule has 4 nitrogen and oxygen atoms in total. The second kappa shape index (κ2) is 4.14. The van der Waals surface area contributed by atoms with Crippen molar-refractivity contribution in [2.24, 2.45) is 0 Å². The standard InChI is InChI=1S/C10H11ClN2O2/c1-2-15-10(14)7-4-3-6-8(7)12-5-13-9(6)11/h5,7H,2-4H2,1H3. The summed E-state index contributed by atoms with van der Waals surface area (Å²) < 4.78 is 4.98. The number of fused-ring (bicyclic) bond motifs is 1. The number of ether oxygens (including phenoxy) is 1. The first kappa shape index (κ1) is 10.4. The molecule has 15 heavy (non-hydrogen) atoms. The molecule has 80 valence electrons. The number of nitrogens with zero attached hydrogens (tertiary/aromatic N) is 2. The van der Waals surface area contributed by atoms with E-state index in [1.807, 2.05) is 0 Å². The number of hydrogen-bond donors (Lipinski definition) is 0. The van der Waals surface area contributed by atoms with Gasteiger partial charge in [-0.2, -0.15) is 0 Å². The SMILES string of the molecule is CCOC(=O)C1CCc2c(Cl)ncnc21. The van der Waals surface area contributed by atoms with E-state index in [0.717, 1.165) is 17.7 Å². The summed E-state index contributed by atoms with van der Waals surface area (Å²) in [6, 6.07) is 0. The first-order chi connectivity index (χ1) is 7.24. The van der Waals surface area contributed by atoms with Crippen molar-refractivity contribution in [2.75, 3.05) is 6.61 Å². The van der Waals surface area contributed by atoms with Gasteiger partial charge >= 0.3 is 5.97 Å². The van der Waals surface area contributed by atoms with Crippen molar-refractivity contribution in [3.05, 3.63) is 22.7 Å². The molecule has 1 aliphatic carbocycles. The Bertz CT molecular complexity index is 395. The molecular weight excluding hydrogens is 216 g/mol. The largest absolute Gasteiger partial charge is 0.465 e. The van der Waals surface area contributed by atoms with E-state index in [-0.39, 0.29) is 11.9 Å². The number of carbonyl (C=O) groups is 1. The van der Waals surface area contributed by atoms with Crippen molar-refractivity contribution in [2.45, 2.75) is 25.7 Å². The summed E-state index contributed by atoms with van der Waals surface area (Å²) in [7, 11) is 0. The van der Waals surface area contributed by atoms with E-state index in [1.54, 1.807) is 6.92 Å². The summed E-state index contributed by atoms with van der Waals surface area (Å²) in [5.74, 6) is -0.480. The van der Waals surface area contributed by atoms with Gasteiger partial charge in [0.25, 0.3) is 0 Å². The molecule has 1 unspecified atom stereocenters. The van der Waals surface area contributed by atoms with Crippen LogP contribution in [0.1, 0.15) is 30.5 Å². The van der Waals surface area contributed by atoms with Gasteiger partial charge in [-0.25, -0.2) is 9.97 Å². The summed E-state index contributed by atoms with van der Waals surface area (Å²) in [6.07, 6.45) is 2.85. The van der Waals surface area contributed by atoms with Crippen LogP contribution in [0.15, 0.2) is 6.33 Å². The average molecular weight is 227 g/mol. The van der Waals surface area contributed by atoms with Gasteiger partial charge in [0.05, 0.1) is 18.2 Å². The highest BCUT2D eigenvalue weighted by atomic mass is 35.5. The van der Waals surface area contributed by atoms with Crippen LogP contribution in [0.2, 0.25) is 5.15 Å². The molecule has 0 saturated heterocycles. The summed E-state index contributed by atoms with van der Waals surface area (Å²) in [4.78, 5) is 19.6. The minimum atomic E-state index is -0.263. The van der Waals surface area contributed by atoms with Crippen molar-refractivity contribution in [3.8, 4) is 0 Å². The minimum Gasteiger partial charge on any atom is -0.465 e. The molecule has 0 bridgehead atoms. The third-order valence-electron chi connectivity index (χ3n) is 2.51. The van der Waals surface area contributed by atoms with E-state index < -0.39 is 0 Å². The van der Waals surface area contributed by atoms with Crippen molar-refractivity contribution >= 4 is 17.6 Å².